The van der Waals surface area contributed by atoms with Gasteiger partial charge in [0.1, 0.15) is 5.69 Å². The molecule has 5 heteroatoms. The SMILES string of the molecule is CN(C(=O)c1ncccc1Br)c1ccccc1N. The highest BCUT2D eigenvalue weighted by Gasteiger charge is 2.18. The van der Waals surface area contributed by atoms with E-state index < -0.39 is 0 Å². The fraction of sp³-hybridized carbons (Fsp3) is 0.0769. The highest BCUT2D eigenvalue weighted by atomic mass is 79.9. The van der Waals surface area contributed by atoms with Crippen LogP contribution in [0, 0.1) is 0 Å². The van der Waals surface area contributed by atoms with Crippen LogP contribution < -0.4 is 10.6 Å². The van der Waals surface area contributed by atoms with Crippen molar-refractivity contribution in [2.24, 2.45) is 0 Å². The van der Waals surface area contributed by atoms with Gasteiger partial charge in [0.2, 0.25) is 0 Å². The number of pyridine rings is 1. The summed E-state index contributed by atoms with van der Waals surface area (Å²) in [4.78, 5) is 17.9. The van der Waals surface area contributed by atoms with Crippen molar-refractivity contribution < 1.29 is 4.79 Å². The molecule has 92 valence electrons. The van der Waals surface area contributed by atoms with Crippen molar-refractivity contribution in [1.29, 1.82) is 0 Å². The Labute approximate surface area is 114 Å². The van der Waals surface area contributed by atoms with Crippen LogP contribution in [-0.2, 0) is 0 Å². The Morgan fingerprint density at radius 2 is 2.00 bits per heavy atom. The van der Waals surface area contributed by atoms with Gasteiger partial charge in [-0.15, -0.1) is 0 Å². The maximum Gasteiger partial charge on any atom is 0.277 e. The van der Waals surface area contributed by atoms with Crippen LogP contribution >= 0.6 is 15.9 Å². The Bertz CT molecular complexity index is 586. The smallest absolute Gasteiger partial charge is 0.277 e. The zero-order chi connectivity index (χ0) is 13.1. The van der Waals surface area contributed by atoms with Crippen molar-refractivity contribution >= 4 is 33.2 Å². The molecule has 0 saturated heterocycles. The van der Waals surface area contributed by atoms with Gasteiger partial charge in [0.25, 0.3) is 5.91 Å². The predicted molar refractivity (Wildman–Crippen MR) is 75.5 cm³/mol. The van der Waals surface area contributed by atoms with Crippen molar-refractivity contribution in [2.75, 3.05) is 17.7 Å². The number of anilines is 2. The minimum Gasteiger partial charge on any atom is -0.397 e. The van der Waals surface area contributed by atoms with Crippen LogP contribution in [0.3, 0.4) is 0 Å². The van der Waals surface area contributed by atoms with E-state index in [9.17, 15) is 4.79 Å². The van der Waals surface area contributed by atoms with Gasteiger partial charge in [0.05, 0.1) is 11.4 Å². The lowest BCUT2D eigenvalue weighted by molar-refractivity contribution is 0.0987. The first kappa shape index (κ1) is 12.6. The van der Waals surface area contributed by atoms with Gasteiger partial charge in [-0.2, -0.15) is 0 Å². The number of nitrogens with zero attached hydrogens (tertiary/aromatic N) is 2. The molecule has 1 heterocycles. The lowest BCUT2D eigenvalue weighted by Gasteiger charge is -2.19. The Morgan fingerprint density at radius 3 is 2.67 bits per heavy atom. The summed E-state index contributed by atoms with van der Waals surface area (Å²) in [5, 5.41) is 0. The standard InChI is InChI=1S/C13H12BrN3O/c1-17(11-7-3-2-6-10(11)15)13(18)12-9(14)5-4-8-16-12/h2-8H,15H2,1H3. The molecule has 2 aromatic rings. The minimum atomic E-state index is -0.208. The number of aromatic nitrogens is 1. The van der Waals surface area contributed by atoms with E-state index in [1.54, 1.807) is 37.5 Å². The summed E-state index contributed by atoms with van der Waals surface area (Å²) in [7, 11) is 1.68. The van der Waals surface area contributed by atoms with Gasteiger partial charge in [-0.05, 0) is 40.2 Å². The van der Waals surface area contributed by atoms with Gasteiger partial charge in [-0.3, -0.25) is 4.79 Å². The van der Waals surface area contributed by atoms with Gasteiger partial charge in [0.15, 0.2) is 0 Å². The van der Waals surface area contributed by atoms with Gasteiger partial charge >= 0.3 is 0 Å². The zero-order valence-corrected chi connectivity index (χ0v) is 11.4. The fourth-order valence-corrected chi connectivity index (χ4v) is 2.03. The second-order valence-corrected chi connectivity index (χ2v) is 4.61. The normalized spacial score (nSPS) is 10.1. The second-order valence-electron chi connectivity index (χ2n) is 3.76. The van der Waals surface area contributed by atoms with Crippen LogP contribution in [0.1, 0.15) is 10.5 Å². The number of carbonyl (C=O) groups is 1. The average molecular weight is 306 g/mol. The maximum absolute atomic E-state index is 12.3. The van der Waals surface area contributed by atoms with E-state index in [2.05, 4.69) is 20.9 Å². The number of nitrogen functional groups attached to an aromatic ring is 1. The molecular weight excluding hydrogens is 294 g/mol. The number of carbonyl (C=O) groups excluding carboxylic acids is 1. The average Bonchev–Trinajstić information content (AvgIpc) is 2.38. The molecule has 1 aromatic heterocycles. The first-order chi connectivity index (χ1) is 8.61. The first-order valence-corrected chi connectivity index (χ1v) is 6.13. The van der Waals surface area contributed by atoms with E-state index in [1.807, 2.05) is 12.1 Å². The molecule has 0 spiro atoms. The Balaban J connectivity index is 2.36. The summed E-state index contributed by atoms with van der Waals surface area (Å²) < 4.78 is 0.663. The molecule has 0 unspecified atom stereocenters. The van der Waals surface area contributed by atoms with Crippen LogP contribution in [0.15, 0.2) is 47.1 Å². The van der Waals surface area contributed by atoms with E-state index >= 15 is 0 Å². The Kier molecular flexibility index (Phi) is 3.62. The van der Waals surface area contributed by atoms with E-state index in [0.29, 0.717) is 21.5 Å². The summed E-state index contributed by atoms with van der Waals surface area (Å²) >= 11 is 3.32. The molecule has 1 amide bonds. The third-order valence-electron chi connectivity index (χ3n) is 2.56. The highest BCUT2D eigenvalue weighted by Crippen LogP contribution is 2.24. The van der Waals surface area contributed by atoms with Crippen LogP contribution in [0.2, 0.25) is 0 Å². The van der Waals surface area contributed by atoms with E-state index in [0.717, 1.165) is 0 Å². The minimum absolute atomic E-state index is 0.208. The lowest BCUT2D eigenvalue weighted by Crippen LogP contribution is -2.28. The molecule has 0 aliphatic carbocycles. The number of hydrogen-bond acceptors (Lipinski definition) is 3. The maximum atomic E-state index is 12.3. The number of nitrogens with two attached hydrogens (primary N) is 1. The largest absolute Gasteiger partial charge is 0.397 e. The molecule has 2 N–H and O–H groups in total. The van der Waals surface area contributed by atoms with Crippen LogP contribution in [0.25, 0.3) is 0 Å². The van der Waals surface area contributed by atoms with E-state index in [1.165, 1.54) is 4.90 Å². The van der Waals surface area contributed by atoms with Crippen LogP contribution in [0.4, 0.5) is 11.4 Å². The first-order valence-electron chi connectivity index (χ1n) is 5.34. The lowest BCUT2D eigenvalue weighted by atomic mass is 10.2. The highest BCUT2D eigenvalue weighted by molar-refractivity contribution is 9.10. The monoisotopic (exact) mass is 305 g/mol. The molecule has 0 fully saturated rings. The summed E-state index contributed by atoms with van der Waals surface area (Å²) in [6, 6.07) is 10.8. The van der Waals surface area contributed by atoms with Crippen molar-refractivity contribution in [3.8, 4) is 0 Å². The second kappa shape index (κ2) is 5.18. The summed E-state index contributed by atoms with van der Waals surface area (Å²) in [5.41, 5.74) is 7.44. The molecule has 0 radical (unpaired) electrons. The molecule has 0 aliphatic rings. The fourth-order valence-electron chi connectivity index (χ4n) is 1.60. The number of hydrogen-bond donors (Lipinski definition) is 1. The van der Waals surface area contributed by atoms with E-state index in [4.69, 9.17) is 5.73 Å². The molecular formula is C13H12BrN3O. The predicted octanol–water partition coefficient (Wildman–Crippen LogP) is 2.70. The number of para-hydroxylation sites is 2. The number of halogens is 1. The summed E-state index contributed by atoms with van der Waals surface area (Å²) in [6.07, 6.45) is 1.58. The van der Waals surface area contributed by atoms with Crippen molar-refractivity contribution in [2.45, 2.75) is 0 Å². The molecule has 0 atom stereocenters. The quantitative estimate of drug-likeness (QED) is 0.868. The van der Waals surface area contributed by atoms with Gasteiger partial charge in [-0.1, -0.05) is 12.1 Å². The molecule has 0 aliphatic heterocycles. The molecule has 1 aromatic carbocycles. The van der Waals surface area contributed by atoms with Crippen molar-refractivity contribution in [3.63, 3.8) is 0 Å². The Morgan fingerprint density at radius 1 is 1.28 bits per heavy atom. The van der Waals surface area contributed by atoms with Gasteiger partial charge in [-0.25, -0.2) is 4.98 Å². The molecule has 0 saturated carbocycles. The van der Waals surface area contributed by atoms with Gasteiger partial charge < -0.3 is 10.6 Å². The molecule has 18 heavy (non-hydrogen) atoms. The third kappa shape index (κ3) is 2.36. The number of benzene rings is 1. The van der Waals surface area contributed by atoms with Crippen molar-refractivity contribution in [1.82, 2.24) is 4.98 Å². The summed E-state index contributed by atoms with van der Waals surface area (Å²) in [6.45, 7) is 0. The molecule has 4 nitrogen and oxygen atoms in total. The van der Waals surface area contributed by atoms with Crippen LogP contribution in [-0.4, -0.2) is 17.9 Å². The molecule has 0 bridgehead atoms. The van der Waals surface area contributed by atoms with Crippen LogP contribution in [0.5, 0.6) is 0 Å². The number of amides is 1. The Hall–Kier alpha value is -1.88. The summed E-state index contributed by atoms with van der Waals surface area (Å²) in [5.74, 6) is -0.208. The topological polar surface area (TPSA) is 59.2 Å². The van der Waals surface area contributed by atoms with Crippen molar-refractivity contribution in [3.05, 3.63) is 52.8 Å². The van der Waals surface area contributed by atoms with E-state index in [-0.39, 0.29) is 5.91 Å². The third-order valence-corrected chi connectivity index (χ3v) is 3.20. The zero-order valence-electron chi connectivity index (χ0n) is 9.80. The van der Waals surface area contributed by atoms with Gasteiger partial charge in [0, 0.05) is 17.7 Å². The number of rotatable bonds is 2. The molecule has 2 rings (SSSR count).